The van der Waals surface area contributed by atoms with Crippen molar-refractivity contribution in [1.29, 1.82) is 0 Å². The smallest absolute Gasteiger partial charge is 0.00176 e. The summed E-state index contributed by atoms with van der Waals surface area (Å²) in [7, 11) is 0. The molecule has 3 aliphatic carbocycles. The first-order valence-corrected chi connectivity index (χ1v) is 7.62. The molecule has 0 aromatic rings. The molecule has 1 heterocycles. The fourth-order valence-corrected chi connectivity index (χ4v) is 5.79. The lowest BCUT2D eigenvalue weighted by atomic mass is 9.68. The van der Waals surface area contributed by atoms with Crippen molar-refractivity contribution in [3.8, 4) is 0 Å². The van der Waals surface area contributed by atoms with E-state index in [-0.39, 0.29) is 0 Å². The molecule has 4 fully saturated rings. The van der Waals surface area contributed by atoms with Gasteiger partial charge in [-0.1, -0.05) is 19.3 Å². The van der Waals surface area contributed by atoms with Crippen LogP contribution in [-0.4, -0.2) is 13.1 Å². The molecule has 90 valence electrons. The maximum absolute atomic E-state index is 3.62. The van der Waals surface area contributed by atoms with Gasteiger partial charge in [-0.3, -0.25) is 0 Å². The molecule has 6 unspecified atom stereocenters. The molecule has 1 aliphatic heterocycles. The van der Waals surface area contributed by atoms with E-state index in [0.29, 0.717) is 0 Å². The minimum Gasteiger partial charge on any atom is -0.316 e. The number of fused-ring (bicyclic) bond motifs is 4. The highest BCUT2D eigenvalue weighted by Gasteiger charge is 2.49. The lowest BCUT2D eigenvalue weighted by molar-refractivity contribution is 0.119. The van der Waals surface area contributed by atoms with Crippen LogP contribution in [0.4, 0.5) is 0 Å². The van der Waals surface area contributed by atoms with Crippen LogP contribution in [0.5, 0.6) is 0 Å². The summed E-state index contributed by atoms with van der Waals surface area (Å²) in [4.78, 5) is 0. The van der Waals surface area contributed by atoms with Crippen molar-refractivity contribution in [2.75, 3.05) is 13.1 Å². The molecule has 1 N–H and O–H groups in total. The summed E-state index contributed by atoms with van der Waals surface area (Å²) in [5, 5.41) is 3.62. The van der Waals surface area contributed by atoms with E-state index in [1.165, 1.54) is 19.5 Å². The number of nitrogens with one attached hydrogen (secondary N) is 1. The molecule has 4 aliphatic rings. The van der Waals surface area contributed by atoms with E-state index in [0.717, 1.165) is 35.5 Å². The van der Waals surface area contributed by atoms with Crippen LogP contribution in [0.15, 0.2) is 0 Å². The van der Waals surface area contributed by atoms with Gasteiger partial charge in [0.25, 0.3) is 0 Å². The predicted molar refractivity (Wildman–Crippen MR) is 66.1 cm³/mol. The van der Waals surface area contributed by atoms with Gasteiger partial charge in [0.15, 0.2) is 0 Å². The van der Waals surface area contributed by atoms with Gasteiger partial charge in [-0.25, -0.2) is 0 Å². The first kappa shape index (κ1) is 9.94. The van der Waals surface area contributed by atoms with Crippen LogP contribution in [0.3, 0.4) is 0 Å². The topological polar surface area (TPSA) is 12.0 Å². The molecule has 16 heavy (non-hydrogen) atoms. The molecular weight excluding hydrogens is 194 g/mol. The maximum atomic E-state index is 3.62. The highest BCUT2D eigenvalue weighted by atomic mass is 14.9. The molecule has 0 radical (unpaired) electrons. The fourth-order valence-electron chi connectivity index (χ4n) is 5.79. The first-order valence-electron chi connectivity index (χ1n) is 7.62. The van der Waals surface area contributed by atoms with Crippen LogP contribution in [0.25, 0.3) is 0 Å². The Hall–Kier alpha value is -0.0400. The highest BCUT2D eigenvalue weighted by molar-refractivity contribution is 5.00. The van der Waals surface area contributed by atoms with Gasteiger partial charge in [-0.15, -0.1) is 0 Å². The summed E-state index contributed by atoms with van der Waals surface area (Å²) >= 11 is 0. The summed E-state index contributed by atoms with van der Waals surface area (Å²) in [6, 6.07) is 0. The number of piperidine rings is 1. The highest BCUT2D eigenvalue weighted by Crippen LogP contribution is 2.56. The quantitative estimate of drug-likeness (QED) is 0.660. The van der Waals surface area contributed by atoms with E-state index in [2.05, 4.69) is 5.32 Å². The molecule has 0 amide bonds. The number of hydrogen-bond acceptors (Lipinski definition) is 1. The second-order valence-corrected chi connectivity index (χ2v) is 7.00. The molecule has 4 rings (SSSR count). The van der Waals surface area contributed by atoms with Crippen molar-refractivity contribution in [3.05, 3.63) is 0 Å². The van der Waals surface area contributed by atoms with E-state index < -0.39 is 0 Å². The number of hydrogen-bond donors (Lipinski definition) is 1. The Morgan fingerprint density at radius 3 is 2.44 bits per heavy atom. The summed E-state index contributed by atoms with van der Waals surface area (Å²) < 4.78 is 0. The van der Waals surface area contributed by atoms with Crippen LogP contribution < -0.4 is 5.32 Å². The average molecular weight is 219 g/mol. The lowest BCUT2D eigenvalue weighted by Crippen LogP contribution is -2.37. The third kappa shape index (κ3) is 1.40. The zero-order valence-electron chi connectivity index (χ0n) is 10.3. The summed E-state index contributed by atoms with van der Waals surface area (Å²) in [6.45, 7) is 2.64. The van der Waals surface area contributed by atoms with E-state index >= 15 is 0 Å². The maximum Gasteiger partial charge on any atom is -0.00176 e. The molecule has 1 heteroatoms. The average Bonchev–Trinajstić information content (AvgIpc) is 2.88. The molecule has 6 atom stereocenters. The van der Waals surface area contributed by atoms with Crippen molar-refractivity contribution >= 4 is 0 Å². The van der Waals surface area contributed by atoms with E-state index in [1.807, 2.05) is 0 Å². The van der Waals surface area contributed by atoms with Crippen molar-refractivity contribution in [2.24, 2.45) is 35.5 Å². The second kappa shape index (κ2) is 3.73. The lowest BCUT2D eigenvalue weighted by Gasteiger charge is -2.38. The third-order valence-electron chi connectivity index (χ3n) is 6.42. The summed E-state index contributed by atoms with van der Waals surface area (Å²) in [5.41, 5.74) is 0. The van der Waals surface area contributed by atoms with E-state index in [4.69, 9.17) is 0 Å². The fraction of sp³-hybridized carbons (Fsp3) is 1.00. The van der Waals surface area contributed by atoms with Gasteiger partial charge < -0.3 is 5.32 Å². The Balaban J connectivity index is 1.55. The van der Waals surface area contributed by atoms with Gasteiger partial charge in [0.1, 0.15) is 0 Å². The van der Waals surface area contributed by atoms with Gasteiger partial charge >= 0.3 is 0 Å². The molecule has 3 saturated carbocycles. The molecule has 0 aromatic heterocycles. The van der Waals surface area contributed by atoms with E-state index in [1.54, 1.807) is 38.5 Å². The van der Waals surface area contributed by atoms with Crippen molar-refractivity contribution in [2.45, 2.75) is 44.9 Å². The monoisotopic (exact) mass is 219 g/mol. The zero-order chi connectivity index (χ0) is 10.5. The SMILES string of the molecule is C1CC2CC3CC4CNCCC4C3CC2C1. The normalized spacial score (nSPS) is 55.5. The molecule has 0 bridgehead atoms. The Labute approximate surface area is 99.4 Å². The molecule has 1 saturated heterocycles. The third-order valence-corrected chi connectivity index (χ3v) is 6.42. The van der Waals surface area contributed by atoms with Crippen LogP contribution in [-0.2, 0) is 0 Å². The summed E-state index contributed by atoms with van der Waals surface area (Å²) in [5.74, 6) is 6.75. The van der Waals surface area contributed by atoms with Crippen LogP contribution in [0.1, 0.15) is 44.9 Å². The van der Waals surface area contributed by atoms with Gasteiger partial charge in [-0.05, 0) is 74.3 Å². The predicted octanol–water partition coefficient (Wildman–Crippen LogP) is 3.06. The largest absolute Gasteiger partial charge is 0.316 e. The van der Waals surface area contributed by atoms with Crippen molar-refractivity contribution < 1.29 is 0 Å². The molecular formula is C15H25N. The van der Waals surface area contributed by atoms with E-state index in [9.17, 15) is 0 Å². The molecule has 1 nitrogen and oxygen atoms in total. The summed E-state index contributed by atoms with van der Waals surface area (Å²) in [6.07, 6.45) is 11.0. The van der Waals surface area contributed by atoms with Crippen molar-refractivity contribution in [1.82, 2.24) is 5.32 Å². The number of rotatable bonds is 0. The minimum atomic E-state index is 1.06. The Morgan fingerprint density at radius 1 is 0.688 bits per heavy atom. The van der Waals surface area contributed by atoms with Crippen molar-refractivity contribution in [3.63, 3.8) is 0 Å². The Kier molecular flexibility index (Phi) is 2.32. The van der Waals surface area contributed by atoms with Gasteiger partial charge in [0.2, 0.25) is 0 Å². The Morgan fingerprint density at radius 2 is 1.50 bits per heavy atom. The zero-order valence-corrected chi connectivity index (χ0v) is 10.3. The Bertz CT molecular complexity index is 275. The standard InChI is InChI=1S/C15H25N/c1-2-10-6-12-7-13-9-16-5-4-14(13)15(12)8-11(10)3-1/h10-16H,1-9H2. The van der Waals surface area contributed by atoms with Crippen LogP contribution >= 0.6 is 0 Å². The minimum absolute atomic E-state index is 1.06. The van der Waals surface area contributed by atoms with Gasteiger partial charge in [0, 0.05) is 0 Å². The first-order chi connectivity index (χ1) is 7.92. The second-order valence-electron chi connectivity index (χ2n) is 7.00. The van der Waals surface area contributed by atoms with Gasteiger partial charge in [-0.2, -0.15) is 0 Å². The molecule has 0 aromatic carbocycles. The van der Waals surface area contributed by atoms with Crippen LogP contribution in [0, 0.1) is 35.5 Å². The molecule has 0 spiro atoms. The van der Waals surface area contributed by atoms with Crippen LogP contribution in [0.2, 0.25) is 0 Å². The van der Waals surface area contributed by atoms with Gasteiger partial charge in [0.05, 0.1) is 0 Å².